The molecule has 1 aliphatic rings. The molecule has 0 radical (unpaired) electrons. The van der Waals surface area contributed by atoms with Crippen LogP contribution < -0.4 is 9.64 Å². The summed E-state index contributed by atoms with van der Waals surface area (Å²) in [5.41, 5.74) is 13.2. The molecule has 0 unspecified atom stereocenters. The van der Waals surface area contributed by atoms with Crippen LogP contribution in [0.3, 0.4) is 0 Å². The van der Waals surface area contributed by atoms with Gasteiger partial charge in [0.25, 0.3) is 0 Å². The molecule has 0 saturated carbocycles. The third kappa shape index (κ3) is 5.47. The summed E-state index contributed by atoms with van der Waals surface area (Å²) in [6, 6.07) is 69.8. The number of furan rings is 2. The smallest absolute Gasteiger partial charge is 0.152 e. The normalized spacial score (nSPS) is 12.0. The molecule has 10 aromatic rings. The van der Waals surface area contributed by atoms with Gasteiger partial charge in [-0.15, -0.1) is 0 Å². The van der Waals surface area contributed by atoms with Crippen molar-refractivity contribution in [2.45, 2.75) is 0 Å². The van der Waals surface area contributed by atoms with Crippen molar-refractivity contribution in [2.24, 2.45) is 0 Å². The van der Waals surface area contributed by atoms with E-state index in [2.05, 4.69) is 169 Å². The van der Waals surface area contributed by atoms with Gasteiger partial charge >= 0.3 is 0 Å². The van der Waals surface area contributed by atoms with Crippen LogP contribution in [0.15, 0.2) is 209 Å². The van der Waals surface area contributed by atoms with Crippen LogP contribution in [0.25, 0.3) is 78.0 Å². The Morgan fingerprint density at radius 3 is 1.21 bits per heavy atom. The highest BCUT2D eigenvalue weighted by atomic mass is 16.5. The van der Waals surface area contributed by atoms with Gasteiger partial charge in [-0.1, -0.05) is 127 Å². The van der Waals surface area contributed by atoms with Gasteiger partial charge in [-0.25, -0.2) is 0 Å². The number of anilines is 3. The Hall–Kier alpha value is -7.56. The standard InChI is InChI=1S/C52H33NO3/c1-4-14-34(15-5-1)41-28-42(35-16-6-2-7-17-35)52(43(29-41)36-18-8-3-9-19-36)53-44-26-24-39(48-30-37-20-10-12-22-46(37)54-48)32-50(44)56-51-33-40(25-27-45(51)53)49-31-38-21-11-13-23-47(38)55-49/h1-33H. The largest absolute Gasteiger partial charge is 0.456 e. The maximum absolute atomic E-state index is 6.96. The minimum absolute atomic E-state index is 0.724. The molecular formula is C52H33NO3. The monoisotopic (exact) mass is 719 g/mol. The van der Waals surface area contributed by atoms with E-state index in [1.807, 2.05) is 36.4 Å². The van der Waals surface area contributed by atoms with E-state index in [4.69, 9.17) is 13.6 Å². The van der Waals surface area contributed by atoms with E-state index in [0.29, 0.717) is 0 Å². The summed E-state index contributed by atoms with van der Waals surface area (Å²) in [7, 11) is 0. The molecule has 8 aromatic carbocycles. The zero-order chi connectivity index (χ0) is 37.0. The van der Waals surface area contributed by atoms with Gasteiger partial charge in [0.1, 0.15) is 22.7 Å². The highest BCUT2D eigenvalue weighted by Crippen LogP contribution is 2.57. The maximum atomic E-state index is 6.96. The number of fused-ring (bicyclic) bond motifs is 4. The summed E-state index contributed by atoms with van der Waals surface area (Å²) in [5, 5.41) is 2.11. The predicted octanol–water partition coefficient (Wildman–Crippen LogP) is 15.1. The third-order valence-electron chi connectivity index (χ3n) is 10.7. The first-order valence-corrected chi connectivity index (χ1v) is 18.8. The van der Waals surface area contributed by atoms with Crippen molar-refractivity contribution in [2.75, 3.05) is 4.90 Å². The molecule has 3 heterocycles. The molecule has 4 nitrogen and oxygen atoms in total. The van der Waals surface area contributed by atoms with Gasteiger partial charge < -0.3 is 18.5 Å². The topological polar surface area (TPSA) is 38.8 Å². The molecule has 0 aliphatic carbocycles. The van der Waals surface area contributed by atoms with Crippen molar-refractivity contribution in [1.82, 2.24) is 0 Å². The molecule has 0 fully saturated rings. The Bertz CT molecular complexity index is 2800. The molecule has 0 amide bonds. The third-order valence-corrected chi connectivity index (χ3v) is 10.7. The molecule has 0 N–H and O–H groups in total. The average Bonchev–Trinajstić information content (AvgIpc) is 3.91. The fraction of sp³-hybridized carbons (Fsp3) is 0. The summed E-state index contributed by atoms with van der Waals surface area (Å²) in [6.07, 6.45) is 0. The van der Waals surface area contributed by atoms with Crippen molar-refractivity contribution in [1.29, 1.82) is 0 Å². The van der Waals surface area contributed by atoms with Gasteiger partial charge in [-0.3, -0.25) is 0 Å². The Morgan fingerprint density at radius 1 is 0.321 bits per heavy atom. The number of para-hydroxylation sites is 2. The van der Waals surface area contributed by atoms with Gasteiger partial charge in [0.2, 0.25) is 0 Å². The molecular weight excluding hydrogens is 687 g/mol. The minimum Gasteiger partial charge on any atom is -0.456 e. The molecule has 0 spiro atoms. The Morgan fingerprint density at radius 2 is 0.750 bits per heavy atom. The summed E-state index contributed by atoms with van der Waals surface area (Å²) < 4.78 is 19.7. The van der Waals surface area contributed by atoms with Crippen molar-refractivity contribution in [3.63, 3.8) is 0 Å². The number of hydrogen-bond acceptors (Lipinski definition) is 4. The van der Waals surface area contributed by atoms with Gasteiger partial charge in [0, 0.05) is 33.0 Å². The number of rotatable bonds is 6. The van der Waals surface area contributed by atoms with E-state index in [0.717, 1.165) is 107 Å². The molecule has 0 atom stereocenters. The van der Waals surface area contributed by atoms with E-state index in [1.54, 1.807) is 0 Å². The predicted molar refractivity (Wildman–Crippen MR) is 228 cm³/mol. The zero-order valence-corrected chi connectivity index (χ0v) is 30.2. The van der Waals surface area contributed by atoms with Crippen molar-refractivity contribution < 1.29 is 13.6 Å². The fourth-order valence-corrected chi connectivity index (χ4v) is 7.95. The lowest BCUT2D eigenvalue weighted by Gasteiger charge is -2.36. The van der Waals surface area contributed by atoms with E-state index < -0.39 is 0 Å². The molecule has 0 bridgehead atoms. The lowest BCUT2D eigenvalue weighted by atomic mass is 9.89. The molecule has 11 rings (SSSR count). The van der Waals surface area contributed by atoms with Gasteiger partial charge in [-0.2, -0.15) is 0 Å². The highest BCUT2D eigenvalue weighted by Gasteiger charge is 2.32. The average molecular weight is 720 g/mol. The Kier molecular flexibility index (Phi) is 7.46. The maximum Gasteiger partial charge on any atom is 0.152 e. The van der Waals surface area contributed by atoms with Crippen LogP contribution in [0.1, 0.15) is 0 Å². The van der Waals surface area contributed by atoms with Crippen LogP contribution in [0.5, 0.6) is 11.5 Å². The number of nitrogens with zero attached hydrogens (tertiary/aromatic N) is 1. The second kappa shape index (κ2) is 13.1. The summed E-state index contributed by atoms with van der Waals surface area (Å²) in [4.78, 5) is 2.37. The Labute approximate surface area is 324 Å². The number of ether oxygens (including phenoxy) is 1. The van der Waals surface area contributed by atoms with Crippen LogP contribution in [-0.2, 0) is 0 Å². The Balaban J connectivity index is 1.18. The first-order chi connectivity index (χ1) is 27.7. The second-order valence-electron chi connectivity index (χ2n) is 14.1. The van der Waals surface area contributed by atoms with Crippen molar-refractivity contribution in [3.8, 4) is 67.5 Å². The molecule has 56 heavy (non-hydrogen) atoms. The lowest BCUT2D eigenvalue weighted by molar-refractivity contribution is 0.477. The first kappa shape index (κ1) is 31.9. The molecule has 264 valence electrons. The SMILES string of the molecule is c1ccc(-c2cc(-c3ccccc3)c(N3c4ccc(-c5cc6ccccc6o5)cc4Oc4cc(-c5cc6ccccc6o5)ccc43)c(-c3ccccc3)c2)cc1. The van der Waals surface area contributed by atoms with Crippen molar-refractivity contribution >= 4 is 39.0 Å². The van der Waals surface area contributed by atoms with Crippen molar-refractivity contribution in [3.05, 3.63) is 200 Å². The van der Waals surface area contributed by atoms with Crippen LogP contribution in [0, 0.1) is 0 Å². The van der Waals surface area contributed by atoms with Gasteiger partial charge in [-0.05, 0) is 95.1 Å². The first-order valence-electron chi connectivity index (χ1n) is 18.8. The summed E-state index contributed by atoms with van der Waals surface area (Å²) in [6.45, 7) is 0. The second-order valence-corrected chi connectivity index (χ2v) is 14.1. The van der Waals surface area contributed by atoms with Crippen LogP contribution in [0.2, 0.25) is 0 Å². The van der Waals surface area contributed by atoms with Crippen LogP contribution in [-0.4, -0.2) is 0 Å². The van der Waals surface area contributed by atoms with Gasteiger partial charge in [0.15, 0.2) is 11.5 Å². The zero-order valence-electron chi connectivity index (χ0n) is 30.2. The summed E-state index contributed by atoms with van der Waals surface area (Å²) >= 11 is 0. The number of benzene rings is 8. The minimum atomic E-state index is 0.724. The van der Waals surface area contributed by atoms with E-state index in [9.17, 15) is 0 Å². The fourth-order valence-electron chi connectivity index (χ4n) is 7.95. The summed E-state index contributed by atoms with van der Waals surface area (Å²) in [5.74, 6) is 3.02. The molecule has 2 aromatic heterocycles. The van der Waals surface area contributed by atoms with E-state index in [-0.39, 0.29) is 0 Å². The van der Waals surface area contributed by atoms with Crippen LogP contribution in [0.4, 0.5) is 17.1 Å². The lowest BCUT2D eigenvalue weighted by Crippen LogP contribution is -2.18. The quantitative estimate of drug-likeness (QED) is 0.171. The van der Waals surface area contributed by atoms with Gasteiger partial charge in [0.05, 0.1) is 17.1 Å². The highest BCUT2D eigenvalue weighted by molar-refractivity contribution is 6.03. The number of hydrogen-bond donors (Lipinski definition) is 0. The molecule has 0 saturated heterocycles. The molecule has 1 aliphatic heterocycles. The molecule has 4 heteroatoms. The van der Waals surface area contributed by atoms with E-state index >= 15 is 0 Å². The van der Waals surface area contributed by atoms with E-state index in [1.165, 1.54) is 0 Å². The van der Waals surface area contributed by atoms with Crippen LogP contribution >= 0.6 is 0 Å².